The average molecular weight is 472 g/mol. The standard InChI is InChI=1S/C24H33N3O5Si/c1-24(2,3)33(4,5)13-9-12-17(23(31)32)25-20(28)15-19-22(30)26-18(21(29)27-19)14-16-10-7-6-8-11-16/h6-8,10-11,17-19H,12,14-15H2,1-5H3,(H,25,28)(H,26,30)(H,27,29)(H,31,32)/t17-,18+,19+/m1/s1. The molecule has 0 unspecified atom stereocenters. The summed E-state index contributed by atoms with van der Waals surface area (Å²) in [6.07, 6.45) is -0.0453. The number of carboxylic acids is 1. The summed E-state index contributed by atoms with van der Waals surface area (Å²) >= 11 is 0. The van der Waals surface area contributed by atoms with Crippen molar-refractivity contribution in [3.05, 3.63) is 35.9 Å². The van der Waals surface area contributed by atoms with Crippen molar-refractivity contribution in [3.63, 3.8) is 0 Å². The average Bonchev–Trinajstić information content (AvgIpc) is 2.70. The first kappa shape index (κ1) is 26.1. The number of benzene rings is 1. The summed E-state index contributed by atoms with van der Waals surface area (Å²) in [7, 11) is -1.90. The number of hydrogen-bond donors (Lipinski definition) is 4. The van der Waals surface area contributed by atoms with Gasteiger partial charge in [0.15, 0.2) is 0 Å². The second kappa shape index (κ2) is 10.7. The van der Waals surface area contributed by atoms with Gasteiger partial charge in [0.1, 0.15) is 26.2 Å². The Morgan fingerprint density at radius 3 is 2.24 bits per heavy atom. The summed E-state index contributed by atoms with van der Waals surface area (Å²) in [5, 5.41) is 17.1. The number of aliphatic carboxylic acids is 1. The predicted octanol–water partition coefficient (Wildman–Crippen LogP) is 1.61. The number of amides is 3. The van der Waals surface area contributed by atoms with Gasteiger partial charge in [-0.3, -0.25) is 14.4 Å². The van der Waals surface area contributed by atoms with Gasteiger partial charge in [-0.25, -0.2) is 4.79 Å². The summed E-state index contributed by atoms with van der Waals surface area (Å²) in [5.74, 6) is 0.234. The monoisotopic (exact) mass is 471 g/mol. The van der Waals surface area contributed by atoms with Crippen molar-refractivity contribution in [2.45, 2.75) is 76.3 Å². The number of hydrogen-bond acceptors (Lipinski definition) is 4. The highest BCUT2D eigenvalue weighted by atomic mass is 28.3. The van der Waals surface area contributed by atoms with Gasteiger partial charge in [0.05, 0.1) is 6.42 Å². The molecule has 3 amide bonds. The molecule has 4 N–H and O–H groups in total. The Hall–Kier alpha value is -3.12. The van der Waals surface area contributed by atoms with E-state index in [1.54, 1.807) is 0 Å². The van der Waals surface area contributed by atoms with Gasteiger partial charge >= 0.3 is 5.97 Å². The highest BCUT2D eigenvalue weighted by molar-refractivity contribution is 6.87. The molecule has 1 aromatic carbocycles. The van der Waals surface area contributed by atoms with E-state index in [4.69, 9.17) is 0 Å². The fourth-order valence-corrected chi connectivity index (χ4v) is 3.93. The predicted molar refractivity (Wildman–Crippen MR) is 128 cm³/mol. The third kappa shape index (κ3) is 7.46. The molecule has 9 heteroatoms. The van der Waals surface area contributed by atoms with Crippen LogP contribution >= 0.6 is 0 Å². The first-order chi connectivity index (χ1) is 15.3. The lowest BCUT2D eigenvalue weighted by atomic mass is 10.0. The first-order valence-electron chi connectivity index (χ1n) is 11.0. The molecule has 0 bridgehead atoms. The van der Waals surface area contributed by atoms with Gasteiger partial charge in [-0.1, -0.05) is 64.2 Å². The van der Waals surface area contributed by atoms with Crippen LogP contribution in [0.2, 0.25) is 18.1 Å². The number of nitrogens with one attached hydrogen (secondary N) is 3. The van der Waals surface area contributed by atoms with E-state index in [2.05, 4.69) is 61.3 Å². The number of piperazine rings is 1. The summed E-state index contributed by atoms with van der Waals surface area (Å²) in [6, 6.07) is 6.30. The van der Waals surface area contributed by atoms with E-state index in [1.807, 2.05) is 30.3 Å². The van der Waals surface area contributed by atoms with Gasteiger partial charge in [0.25, 0.3) is 0 Å². The molecule has 0 saturated carbocycles. The Labute approximate surface area is 195 Å². The van der Waals surface area contributed by atoms with Gasteiger partial charge in [0.2, 0.25) is 17.7 Å². The van der Waals surface area contributed by atoms with Gasteiger partial charge in [0, 0.05) is 12.8 Å². The smallest absolute Gasteiger partial charge is 0.327 e. The molecule has 3 atom stereocenters. The third-order valence-corrected chi connectivity index (χ3v) is 10.7. The lowest BCUT2D eigenvalue weighted by Gasteiger charge is -2.31. The van der Waals surface area contributed by atoms with Crippen LogP contribution in [-0.4, -0.2) is 55.0 Å². The highest BCUT2D eigenvalue weighted by Gasteiger charge is 2.36. The summed E-state index contributed by atoms with van der Waals surface area (Å²) in [4.78, 5) is 48.9. The van der Waals surface area contributed by atoms with Crippen LogP contribution in [0.15, 0.2) is 30.3 Å². The number of carboxylic acid groups (broad SMARTS) is 1. The zero-order valence-corrected chi connectivity index (χ0v) is 20.8. The minimum absolute atomic E-state index is 0.0318. The van der Waals surface area contributed by atoms with Gasteiger partial charge < -0.3 is 21.1 Å². The van der Waals surface area contributed by atoms with E-state index >= 15 is 0 Å². The maximum absolute atomic E-state index is 12.4. The van der Waals surface area contributed by atoms with Crippen molar-refractivity contribution in [3.8, 4) is 11.5 Å². The van der Waals surface area contributed by atoms with E-state index < -0.39 is 44.0 Å². The molecule has 1 aliphatic rings. The van der Waals surface area contributed by atoms with Crippen LogP contribution in [0.25, 0.3) is 0 Å². The topological polar surface area (TPSA) is 125 Å². The van der Waals surface area contributed by atoms with E-state index in [-0.39, 0.29) is 23.8 Å². The van der Waals surface area contributed by atoms with Gasteiger partial charge in [-0.15, -0.1) is 11.5 Å². The highest BCUT2D eigenvalue weighted by Crippen LogP contribution is 2.35. The number of carbonyl (C=O) groups excluding carboxylic acids is 3. The van der Waals surface area contributed by atoms with Crippen molar-refractivity contribution in [2.75, 3.05) is 0 Å². The van der Waals surface area contributed by atoms with E-state index in [1.165, 1.54) is 0 Å². The second-order valence-electron chi connectivity index (χ2n) is 9.86. The number of carbonyl (C=O) groups is 4. The molecule has 0 spiro atoms. The van der Waals surface area contributed by atoms with Crippen molar-refractivity contribution in [1.29, 1.82) is 0 Å². The molecule has 1 heterocycles. The quantitative estimate of drug-likeness (QED) is 0.355. The molecule has 0 radical (unpaired) electrons. The van der Waals surface area contributed by atoms with Crippen LogP contribution in [0, 0.1) is 11.5 Å². The summed E-state index contributed by atoms with van der Waals surface area (Å²) in [5.41, 5.74) is 4.13. The SMILES string of the molecule is CC(C)(C)[Si](C)(C)C#CC[C@@H](NC(=O)C[C@@H]1NC(=O)[C@H](Cc2ccccc2)NC1=O)C(=O)O. The van der Waals surface area contributed by atoms with E-state index in [9.17, 15) is 24.3 Å². The molecule has 1 saturated heterocycles. The van der Waals surface area contributed by atoms with E-state index in [0.29, 0.717) is 6.42 Å². The molecule has 1 aliphatic heterocycles. The fraction of sp³-hybridized carbons (Fsp3) is 0.500. The Morgan fingerprint density at radius 1 is 1.09 bits per heavy atom. The fourth-order valence-electron chi connectivity index (χ4n) is 3.01. The zero-order chi connectivity index (χ0) is 24.8. The van der Waals surface area contributed by atoms with Crippen molar-refractivity contribution in [2.24, 2.45) is 0 Å². The molecule has 0 aliphatic carbocycles. The summed E-state index contributed by atoms with van der Waals surface area (Å²) < 4.78 is 0. The summed E-state index contributed by atoms with van der Waals surface area (Å²) in [6.45, 7) is 10.6. The van der Waals surface area contributed by atoms with Crippen LogP contribution in [0.1, 0.15) is 39.2 Å². The first-order valence-corrected chi connectivity index (χ1v) is 14.0. The lowest BCUT2D eigenvalue weighted by Crippen LogP contribution is -2.63. The minimum atomic E-state index is -1.90. The maximum atomic E-state index is 12.4. The van der Waals surface area contributed by atoms with Crippen LogP contribution < -0.4 is 16.0 Å². The van der Waals surface area contributed by atoms with E-state index in [0.717, 1.165) is 5.56 Å². The minimum Gasteiger partial charge on any atom is -0.480 e. The van der Waals surface area contributed by atoms with Crippen LogP contribution in [-0.2, 0) is 25.6 Å². The van der Waals surface area contributed by atoms with Crippen LogP contribution in [0.4, 0.5) is 0 Å². The van der Waals surface area contributed by atoms with Crippen molar-refractivity contribution >= 4 is 31.8 Å². The van der Waals surface area contributed by atoms with Gasteiger partial charge in [-0.05, 0) is 10.6 Å². The molecule has 1 aromatic rings. The Kier molecular flexibility index (Phi) is 8.44. The van der Waals surface area contributed by atoms with Crippen LogP contribution in [0.5, 0.6) is 0 Å². The molecule has 178 valence electrons. The zero-order valence-electron chi connectivity index (χ0n) is 19.8. The number of rotatable bonds is 7. The van der Waals surface area contributed by atoms with Crippen molar-refractivity contribution < 1.29 is 24.3 Å². The normalized spacial score (nSPS) is 19.4. The Morgan fingerprint density at radius 2 is 1.67 bits per heavy atom. The third-order valence-electron chi connectivity index (χ3n) is 6.15. The molecular weight excluding hydrogens is 438 g/mol. The largest absolute Gasteiger partial charge is 0.480 e. The maximum Gasteiger partial charge on any atom is 0.327 e. The van der Waals surface area contributed by atoms with Crippen LogP contribution in [0.3, 0.4) is 0 Å². The molecule has 33 heavy (non-hydrogen) atoms. The lowest BCUT2D eigenvalue weighted by molar-refractivity contribution is -0.142. The Bertz CT molecular complexity index is 960. The molecule has 1 fully saturated rings. The van der Waals surface area contributed by atoms with Gasteiger partial charge in [-0.2, -0.15) is 0 Å². The molecule has 2 rings (SSSR count). The second-order valence-corrected chi connectivity index (χ2v) is 14.9. The Balaban J connectivity index is 1.93. The molecular formula is C24H33N3O5Si. The molecule has 0 aromatic heterocycles. The molecule has 8 nitrogen and oxygen atoms in total. The van der Waals surface area contributed by atoms with Crippen molar-refractivity contribution in [1.82, 2.24) is 16.0 Å².